The van der Waals surface area contributed by atoms with Gasteiger partial charge in [-0.1, -0.05) is 24.3 Å². The van der Waals surface area contributed by atoms with Crippen LogP contribution in [0.15, 0.2) is 54.9 Å². The number of carbonyl (C=O) groups is 1. The highest BCUT2D eigenvalue weighted by Gasteiger charge is 2.05. The number of hydrogen-bond donors (Lipinski definition) is 1. The summed E-state index contributed by atoms with van der Waals surface area (Å²) in [5.74, 6) is -0.535. The number of para-hydroxylation sites is 1. The van der Waals surface area contributed by atoms with Crippen molar-refractivity contribution in [1.29, 1.82) is 0 Å². The summed E-state index contributed by atoms with van der Waals surface area (Å²) in [6.45, 7) is 0.350. The van der Waals surface area contributed by atoms with Crippen molar-refractivity contribution in [3.05, 3.63) is 66.1 Å². The van der Waals surface area contributed by atoms with Gasteiger partial charge >= 0.3 is 5.97 Å². The SMILES string of the molecule is O=C(O)c1ccc(OCc2cccc3cccnc23)cn1. The molecule has 0 saturated heterocycles. The molecule has 5 nitrogen and oxygen atoms in total. The highest BCUT2D eigenvalue weighted by Crippen LogP contribution is 2.18. The number of nitrogens with zero attached hydrogens (tertiary/aromatic N) is 2. The molecule has 0 spiro atoms. The summed E-state index contributed by atoms with van der Waals surface area (Å²) in [7, 11) is 0. The van der Waals surface area contributed by atoms with E-state index < -0.39 is 5.97 Å². The summed E-state index contributed by atoms with van der Waals surface area (Å²) < 4.78 is 5.64. The van der Waals surface area contributed by atoms with Crippen molar-refractivity contribution in [2.75, 3.05) is 0 Å². The summed E-state index contributed by atoms with van der Waals surface area (Å²) in [4.78, 5) is 18.9. The normalized spacial score (nSPS) is 10.5. The third-order valence-electron chi connectivity index (χ3n) is 3.07. The van der Waals surface area contributed by atoms with Gasteiger partial charge in [-0.25, -0.2) is 9.78 Å². The Morgan fingerprint density at radius 3 is 2.71 bits per heavy atom. The second-order valence-corrected chi connectivity index (χ2v) is 4.47. The molecule has 2 aromatic heterocycles. The number of hydrogen-bond acceptors (Lipinski definition) is 4. The Hall–Kier alpha value is -2.95. The fourth-order valence-electron chi connectivity index (χ4n) is 2.04. The van der Waals surface area contributed by atoms with E-state index in [1.54, 1.807) is 12.3 Å². The molecule has 3 aromatic rings. The zero-order chi connectivity index (χ0) is 14.7. The molecule has 0 atom stereocenters. The number of aromatic nitrogens is 2. The second kappa shape index (κ2) is 5.58. The fraction of sp³-hybridized carbons (Fsp3) is 0.0625. The van der Waals surface area contributed by atoms with Crippen LogP contribution in [0.4, 0.5) is 0 Å². The Kier molecular flexibility index (Phi) is 3.47. The molecule has 0 amide bonds. The molecule has 0 unspecified atom stereocenters. The van der Waals surface area contributed by atoms with Crippen LogP contribution in [0, 0.1) is 0 Å². The quantitative estimate of drug-likeness (QED) is 0.795. The van der Waals surface area contributed by atoms with Crippen molar-refractivity contribution >= 4 is 16.9 Å². The Balaban J connectivity index is 1.79. The van der Waals surface area contributed by atoms with Gasteiger partial charge in [-0.3, -0.25) is 4.98 Å². The fourth-order valence-corrected chi connectivity index (χ4v) is 2.04. The lowest BCUT2D eigenvalue weighted by Crippen LogP contribution is -2.01. The summed E-state index contributed by atoms with van der Waals surface area (Å²) >= 11 is 0. The maximum Gasteiger partial charge on any atom is 0.354 e. The first-order chi connectivity index (χ1) is 10.2. The molecule has 0 fully saturated rings. The number of rotatable bonds is 4. The summed E-state index contributed by atoms with van der Waals surface area (Å²) in [6, 6.07) is 12.8. The predicted molar refractivity (Wildman–Crippen MR) is 77.3 cm³/mol. The summed E-state index contributed by atoms with van der Waals surface area (Å²) in [5, 5.41) is 9.84. The minimum atomic E-state index is -1.06. The van der Waals surface area contributed by atoms with E-state index in [9.17, 15) is 4.79 Å². The second-order valence-electron chi connectivity index (χ2n) is 4.47. The highest BCUT2D eigenvalue weighted by atomic mass is 16.5. The van der Waals surface area contributed by atoms with Gasteiger partial charge in [0, 0.05) is 17.1 Å². The van der Waals surface area contributed by atoms with Crippen LogP contribution in [0.3, 0.4) is 0 Å². The first-order valence-corrected chi connectivity index (χ1v) is 6.39. The molecule has 0 saturated carbocycles. The molecule has 1 N–H and O–H groups in total. The van der Waals surface area contributed by atoms with Gasteiger partial charge in [0.2, 0.25) is 0 Å². The maximum atomic E-state index is 10.7. The molecule has 0 bridgehead atoms. The van der Waals surface area contributed by atoms with Crippen LogP contribution in [0.2, 0.25) is 0 Å². The molecule has 5 heteroatoms. The smallest absolute Gasteiger partial charge is 0.354 e. The van der Waals surface area contributed by atoms with Gasteiger partial charge < -0.3 is 9.84 Å². The third-order valence-corrected chi connectivity index (χ3v) is 3.07. The number of carboxylic acid groups (broad SMARTS) is 1. The lowest BCUT2D eigenvalue weighted by molar-refractivity contribution is 0.0690. The Bertz CT molecular complexity index is 780. The molecule has 1 aromatic carbocycles. The third kappa shape index (κ3) is 2.81. The standard InChI is InChI=1S/C16H12N2O3/c19-16(20)14-7-6-13(9-18-14)21-10-12-4-1-3-11-5-2-8-17-15(11)12/h1-9H,10H2,(H,19,20). The largest absolute Gasteiger partial charge is 0.487 e. The Labute approximate surface area is 120 Å². The minimum Gasteiger partial charge on any atom is -0.487 e. The van der Waals surface area contributed by atoms with Gasteiger partial charge in [0.1, 0.15) is 18.1 Å². The zero-order valence-electron chi connectivity index (χ0n) is 11.1. The molecule has 2 heterocycles. The molecule has 21 heavy (non-hydrogen) atoms. The van der Waals surface area contributed by atoms with E-state index in [0.717, 1.165) is 16.5 Å². The molecule has 0 aliphatic carbocycles. The Morgan fingerprint density at radius 1 is 1.10 bits per heavy atom. The molecule has 0 radical (unpaired) electrons. The first-order valence-electron chi connectivity index (χ1n) is 6.39. The van der Waals surface area contributed by atoms with Gasteiger partial charge in [-0.15, -0.1) is 0 Å². The Morgan fingerprint density at radius 2 is 1.95 bits per heavy atom. The van der Waals surface area contributed by atoms with E-state index in [1.807, 2.05) is 30.3 Å². The van der Waals surface area contributed by atoms with Crippen molar-refractivity contribution < 1.29 is 14.6 Å². The first kappa shape index (κ1) is 13.1. The average molecular weight is 280 g/mol. The van der Waals surface area contributed by atoms with E-state index in [-0.39, 0.29) is 5.69 Å². The van der Waals surface area contributed by atoms with E-state index >= 15 is 0 Å². The minimum absolute atomic E-state index is 0.00539. The molecule has 0 aliphatic rings. The van der Waals surface area contributed by atoms with E-state index in [1.165, 1.54) is 12.3 Å². The number of ether oxygens (including phenoxy) is 1. The van der Waals surface area contributed by atoms with Crippen LogP contribution < -0.4 is 4.74 Å². The van der Waals surface area contributed by atoms with Crippen molar-refractivity contribution in [2.24, 2.45) is 0 Å². The number of benzene rings is 1. The van der Waals surface area contributed by atoms with Crippen LogP contribution >= 0.6 is 0 Å². The van der Waals surface area contributed by atoms with Crippen molar-refractivity contribution in [1.82, 2.24) is 9.97 Å². The number of aromatic carboxylic acids is 1. The molecule has 0 aliphatic heterocycles. The topological polar surface area (TPSA) is 72.3 Å². The van der Waals surface area contributed by atoms with Gasteiger partial charge in [0.05, 0.1) is 11.7 Å². The predicted octanol–water partition coefficient (Wildman–Crippen LogP) is 2.91. The van der Waals surface area contributed by atoms with Gasteiger partial charge in [-0.05, 0) is 18.2 Å². The summed E-state index contributed by atoms with van der Waals surface area (Å²) in [6.07, 6.45) is 3.15. The molecular weight excluding hydrogens is 268 g/mol. The molecule has 104 valence electrons. The van der Waals surface area contributed by atoms with Gasteiger partial charge in [0.25, 0.3) is 0 Å². The highest BCUT2D eigenvalue weighted by molar-refractivity contribution is 5.85. The van der Waals surface area contributed by atoms with Crippen LogP contribution in [0.25, 0.3) is 10.9 Å². The van der Waals surface area contributed by atoms with Crippen molar-refractivity contribution in [3.8, 4) is 5.75 Å². The number of fused-ring (bicyclic) bond motifs is 1. The van der Waals surface area contributed by atoms with Crippen LogP contribution in [0.5, 0.6) is 5.75 Å². The van der Waals surface area contributed by atoms with E-state index in [2.05, 4.69) is 9.97 Å². The number of pyridine rings is 2. The zero-order valence-corrected chi connectivity index (χ0v) is 11.1. The lowest BCUT2D eigenvalue weighted by atomic mass is 10.1. The van der Waals surface area contributed by atoms with E-state index in [0.29, 0.717) is 12.4 Å². The molecular formula is C16H12N2O3. The molecule has 3 rings (SSSR count). The summed E-state index contributed by atoms with van der Waals surface area (Å²) in [5.41, 5.74) is 1.86. The van der Waals surface area contributed by atoms with Crippen molar-refractivity contribution in [2.45, 2.75) is 6.61 Å². The average Bonchev–Trinajstić information content (AvgIpc) is 2.53. The monoisotopic (exact) mass is 280 g/mol. The van der Waals surface area contributed by atoms with Gasteiger partial charge in [-0.2, -0.15) is 0 Å². The van der Waals surface area contributed by atoms with Crippen LogP contribution in [-0.2, 0) is 6.61 Å². The maximum absolute atomic E-state index is 10.7. The van der Waals surface area contributed by atoms with Crippen LogP contribution in [-0.4, -0.2) is 21.0 Å². The van der Waals surface area contributed by atoms with Crippen LogP contribution in [0.1, 0.15) is 16.1 Å². The van der Waals surface area contributed by atoms with E-state index in [4.69, 9.17) is 9.84 Å². The number of carboxylic acids is 1. The van der Waals surface area contributed by atoms with Gasteiger partial charge in [0.15, 0.2) is 0 Å². The lowest BCUT2D eigenvalue weighted by Gasteiger charge is -2.08. The van der Waals surface area contributed by atoms with Crippen molar-refractivity contribution in [3.63, 3.8) is 0 Å².